The van der Waals surface area contributed by atoms with Gasteiger partial charge >= 0.3 is 0 Å². The van der Waals surface area contributed by atoms with Gasteiger partial charge in [0.1, 0.15) is 0 Å². The lowest BCUT2D eigenvalue weighted by Gasteiger charge is -2.37. The van der Waals surface area contributed by atoms with E-state index in [2.05, 4.69) is 33.2 Å². The molecule has 0 heterocycles. The zero-order chi connectivity index (χ0) is 10.6. The van der Waals surface area contributed by atoms with Crippen molar-refractivity contribution in [2.75, 3.05) is 0 Å². The van der Waals surface area contributed by atoms with Gasteiger partial charge < -0.3 is 10.8 Å². The molecule has 2 rings (SSSR count). The Morgan fingerprint density at radius 3 is 2.21 bits per heavy atom. The summed E-state index contributed by atoms with van der Waals surface area (Å²) in [6, 6.07) is 0. The minimum absolute atomic E-state index is 0.119. The van der Waals surface area contributed by atoms with Crippen molar-refractivity contribution >= 4 is 12.4 Å². The number of hydrogen-bond donors (Lipinski definition) is 2. The largest absolute Gasteiger partial charge is 0.303 e. The molecule has 2 radical (unpaired) electrons. The minimum atomic E-state index is 0.119. The summed E-state index contributed by atoms with van der Waals surface area (Å²) in [5.74, 6) is 0.794. The molecule has 4 unspecified atom stereocenters. The molecule has 2 nitrogen and oxygen atoms in total. The van der Waals surface area contributed by atoms with E-state index in [0.717, 1.165) is 0 Å². The predicted octanol–water partition coefficient (Wildman–Crippen LogP) is 2.73. The van der Waals surface area contributed by atoms with Crippen molar-refractivity contribution in [1.29, 1.82) is 10.8 Å². The van der Waals surface area contributed by atoms with Gasteiger partial charge in [0.2, 0.25) is 0 Å². The molecule has 0 spiro atoms. The minimum Gasteiger partial charge on any atom is -0.303 e. The van der Waals surface area contributed by atoms with Crippen LogP contribution in [0.2, 0.25) is 0 Å². The first-order valence-corrected chi connectivity index (χ1v) is 5.33. The molecule has 0 aromatic heterocycles. The second-order valence-electron chi connectivity index (χ2n) is 5.58. The molecule has 0 aromatic rings. The number of fused-ring (bicyclic) bond motifs is 2. The summed E-state index contributed by atoms with van der Waals surface area (Å²) in [6.07, 6.45) is 7.68. The number of hydrogen-bond acceptors (Lipinski definition) is 2. The topological polar surface area (TPSA) is 47.7 Å². The summed E-state index contributed by atoms with van der Waals surface area (Å²) >= 11 is 0. The van der Waals surface area contributed by atoms with Gasteiger partial charge in [0.25, 0.3) is 0 Å². The van der Waals surface area contributed by atoms with Crippen molar-refractivity contribution in [1.82, 2.24) is 0 Å². The molecule has 2 aliphatic rings. The highest BCUT2D eigenvalue weighted by molar-refractivity contribution is 5.71. The van der Waals surface area contributed by atoms with Crippen molar-refractivity contribution in [3.05, 3.63) is 0 Å². The van der Waals surface area contributed by atoms with Gasteiger partial charge in [-0.05, 0) is 29.6 Å². The lowest BCUT2D eigenvalue weighted by molar-refractivity contribution is 0.132. The standard InChI is InChI=1S/C12H18N2/c1-11(2)9-4-5-12(11,3)10(7-14)8(9)6-13/h8-10,13-14H,4-5H2,1-3H3. The van der Waals surface area contributed by atoms with Crippen molar-refractivity contribution in [2.24, 2.45) is 28.6 Å². The van der Waals surface area contributed by atoms with Crippen LogP contribution in [0.15, 0.2) is 0 Å². The van der Waals surface area contributed by atoms with E-state index >= 15 is 0 Å². The molecule has 2 bridgehead atoms. The van der Waals surface area contributed by atoms with E-state index in [4.69, 9.17) is 10.8 Å². The fourth-order valence-electron chi connectivity index (χ4n) is 3.81. The van der Waals surface area contributed by atoms with Crippen LogP contribution in [0.4, 0.5) is 0 Å². The smallest absolute Gasteiger partial charge is 0.0568 e. The maximum absolute atomic E-state index is 7.42. The first kappa shape index (κ1) is 9.88. The van der Waals surface area contributed by atoms with Crippen LogP contribution in [0.25, 0.3) is 0 Å². The van der Waals surface area contributed by atoms with Gasteiger partial charge in [-0.25, -0.2) is 0 Å². The van der Waals surface area contributed by atoms with Crippen LogP contribution in [-0.4, -0.2) is 12.4 Å². The highest BCUT2D eigenvalue weighted by Gasteiger charge is 2.65. The van der Waals surface area contributed by atoms with Crippen molar-refractivity contribution < 1.29 is 0 Å². The summed E-state index contributed by atoms with van der Waals surface area (Å²) in [4.78, 5) is 0. The Hall–Kier alpha value is -0.660. The van der Waals surface area contributed by atoms with Gasteiger partial charge in [-0.2, -0.15) is 0 Å². The molecule has 4 atom stereocenters. The van der Waals surface area contributed by atoms with Crippen molar-refractivity contribution in [2.45, 2.75) is 33.6 Å². The highest BCUT2D eigenvalue weighted by atomic mass is 14.7. The lowest BCUT2D eigenvalue weighted by Crippen LogP contribution is -2.34. The quantitative estimate of drug-likeness (QED) is 0.629. The summed E-state index contributed by atoms with van der Waals surface area (Å²) in [6.45, 7) is 6.83. The number of nitrogens with one attached hydrogen (secondary N) is 2. The summed E-state index contributed by atoms with van der Waals surface area (Å²) in [7, 11) is 0. The Kier molecular flexibility index (Phi) is 1.89. The molecule has 14 heavy (non-hydrogen) atoms. The van der Waals surface area contributed by atoms with E-state index in [0.29, 0.717) is 5.92 Å². The predicted molar refractivity (Wildman–Crippen MR) is 57.0 cm³/mol. The van der Waals surface area contributed by atoms with Gasteiger partial charge in [0.15, 0.2) is 0 Å². The first-order valence-electron chi connectivity index (χ1n) is 5.33. The van der Waals surface area contributed by atoms with Gasteiger partial charge in [0.05, 0.1) is 12.4 Å². The molecule has 2 aliphatic carbocycles. The Labute approximate surface area is 86.1 Å². The zero-order valence-corrected chi connectivity index (χ0v) is 9.15. The van der Waals surface area contributed by atoms with Gasteiger partial charge in [-0.15, -0.1) is 0 Å². The molecule has 76 valence electrons. The highest BCUT2D eigenvalue weighted by Crippen LogP contribution is 2.69. The third-order valence-electron chi connectivity index (χ3n) is 5.17. The SMILES string of the molecule is CC1(C)C2CCC1(C)C([C]=N)C2[C]=N. The molecule has 2 N–H and O–H groups in total. The maximum atomic E-state index is 7.42. The molecular formula is C12H18N2. The molecular weight excluding hydrogens is 172 g/mol. The number of rotatable bonds is 2. The third kappa shape index (κ3) is 0.825. The zero-order valence-electron chi connectivity index (χ0n) is 9.15. The van der Waals surface area contributed by atoms with Crippen LogP contribution >= 0.6 is 0 Å². The Morgan fingerprint density at radius 1 is 1.14 bits per heavy atom. The van der Waals surface area contributed by atoms with Crippen LogP contribution in [0, 0.1) is 39.4 Å². The van der Waals surface area contributed by atoms with E-state index in [-0.39, 0.29) is 22.7 Å². The molecule has 2 fully saturated rings. The van der Waals surface area contributed by atoms with E-state index in [1.165, 1.54) is 12.8 Å². The average Bonchev–Trinajstić information content (AvgIpc) is 2.46. The van der Waals surface area contributed by atoms with E-state index in [1.807, 2.05) is 0 Å². The van der Waals surface area contributed by atoms with Gasteiger partial charge in [-0.3, -0.25) is 0 Å². The third-order valence-corrected chi connectivity index (χ3v) is 5.17. The lowest BCUT2D eigenvalue weighted by atomic mass is 9.66. The second kappa shape index (κ2) is 2.68. The Morgan fingerprint density at radius 2 is 1.79 bits per heavy atom. The normalized spacial score (nSPS) is 49.2. The van der Waals surface area contributed by atoms with Crippen LogP contribution in [0.1, 0.15) is 33.6 Å². The summed E-state index contributed by atoms with van der Waals surface area (Å²) in [5.41, 5.74) is 0.405. The monoisotopic (exact) mass is 190 g/mol. The summed E-state index contributed by atoms with van der Waals surface area (Å²) < 4.78 is 0. The molecule has 0 saturated heterocycles. The Balaban J connectivity index is 2.47. The fraction of sp³-hybridized carbons (Fsp3) is 0.833. The van der Waals surface area contributed by atoms with Gasteiger partial charge in [-0.1, -0.05) is 20.8 Å². The van der Waals surface area contributed by atoms with Crippen molar-refractivity contribution in [3.63, 3.8) is 0 Å². The molecule has 2 saturated carbocycles. The second-order valence-corrected chi connectivity index (χ2v) is 5.58. The molecule has 0 aromatic carbocycles. The van der Waals surface area contributed by atoms with Gasteiger partial charge in [0, 0.05) is 11.8 Å². The van der Waals surface area contributed by atoms with Crippen LogP contribution in [-0.2, 0) is 0 Å². The average molecular weight is 190 g/mol. The maximum Gasteiger partial charge on any atom is 0.0568 e. The molecule has 2 heteroatoms. The summed E-state index contributed by atoms with van der Waals surface area (Å²) in [5, 5.41) is 14.8. The van der Waals surface area contributed by atoms with E-state index < -0.39 is 0 Å². The van der Waals surface area contributed by atoms with Crippen molar-refractivity contribution in [3.8, 4) is 0 Å². The van der Waals surface area contributed by atoms with Crippen LogP contribution in [0.3, 0.4) is 0 Å². The van der Waals surface area contributed by atoms with E-state index in [9.17, 15) is 0 Å². The first-order chi connectivity index (χ1) is 6.49. The van der Waals surface area contributed by atoms with E-state index in [1.54, 1.807) is 0 Å². The van der Waals surface area contributed by atoms with Crippen LogP contribution < -0.4 is 0 Å². The molecule has 0 aliphatic heterocycles. The fourth-order valence-corrected chi connectivity index (χ4v) is 3.81. The Bertz CT molecular complexity index is 282. The van der Waals surface area contributed by atoms with Crippen LogP contribution in [0.5, 0.6) is 0 Å². The molecule has 0 amide bonds.